The van der Waals surface area contributed by atoms with Gasteiger partial charge in [0.25, 0.3) is 0 Å². The minimum Gasteiger partial charge on any atom is -0.380 e. The largest absolute Gasteiger partial charge is 0.380 e. The average molecular weight is 333 g/mol. The lowest BCUT2D eigenvalue weighted by Crippen LogP contribution is -2.05. The van der Waals surface area contributed by atoms with Crippen LogP contribution in [0.25, 0.3) is 0 Å². The van der Waals surface area contributed by atoms with E-state index in [2.05, 4.69) is 5.32 Å². The van der Waals surface area contributed by atoms with Gasteiger partial charge in [0.2, 0.25) is 5.82 Å². The minimum atomic E-state index is -1.22. The fourth-order valence-electron chi connectivity index (χ4n) is 1.69. The highest BCUT2D eigenvalue weighted by Crippen LogP contribution is 2.30. The molecule has 0 radical (unpaired) electrons. The third kappa shape index (κ3) is 3.40. The van der Waals surface area contributed by atoms with Gasteiger partial charge in [0.05, 0.1) is 20.7 Å². The summed E-state index contributed by atoms with van der Waals surface area (Å²) in [6.45, 7) is -0.104. The van der Waals surface area contributed by atoms with Crippen LogP contribution in [-0.2, 0) is 6.54 Å². The molecule has 8 heteroatoms. The van der Waals surface area contributed by atoms with Crippen LogP contribution in [-0.4, -0.2) is 4.92 Å². The molecule has 2 rings (SSSR count). The fraction of sp³-hybridized carbons (Fsp3) is 0.0769. The monoisotopic (exact) mass is 332 g/mol. The second-order valence-corrected chi connectivity index (χ2v) is 4.89. The first-order chi connectivity index (χ1) is 9.90. The van der Waals surface area contributed by atoms with Crippen LogP contribution < -0.4 is 5.32 Å². The molecule has 0 fully saturated rings. The summed E-state index contributed by atoms with van der Waals surface area (Å²) in [6.07, 6.45) is 0. The van der Waals surface area contributed by atoms with Crippen LogP contribution in [0, 0.1) is 21.7 Å². The van der Waals surface area contributed by atoms with Crippen molar-refractivity contribution in [2.45, 2.75) is 6.54 Å². The Hall–Kier alpha value is -1.92. The van der Waals surface area contributed by atoms with Crippen LogP contribution in [0.15, 0.2) is 30.3 Å². The number of nitro benzene ring substituents is 1. The molecule has 1 N–H and O–H groups in total. The molecule has 0 atom stereocenters. The van der Waals surface area contributed by atoms with E-state index in [0.29, 0.717) is 16.8 Å². The standard InChI is InChI=1S/C13H8Cl2F2N2O2/c14-8-2-1-3-11(13(8)15)18-6-7-4-12(19(20)21)10(17)5-9(7)16/h1-5,18H,6H2. The van der Waals surface area contributed by atoms with Crippen molar-refractivity contribution in [1.82, 2.24) is 0 Å². The summed E-state index contributed by atoms with van der Waals surface area (Å²) in [4.78, 5) is 9.73. The first-order valence-corrected chi connectivity index (χ1v) is 6.46. The van der Waals surface area contributed by atoms with Crippen molar-refractivity contribution in [2.75, 3.05) is 5.32 Å². The van der Waals surface area contributed by atoms with E-state index in [0.717, 1.165) is 6.07 Å². The highest BCUT2D eigenvalue weighted by Gasteiger charge is 2.18. The molecule has 2 aromatic rings. The van der Waals surface area contributed by atoms with E-state index in [9.17, 15) is 18.9 Å². The predicted molar refractivity (Wildman–Crippen MR) is 76.8 cm³/mol. The molecule has 0 amide bonds. The Kier molecular flexibility index (Phi) is 4.59. The summed E-state index contributed by atoms with van der Waals surface area (Å²) in [5.41, 5.74) is -0.403. The highest BCUT2D eigenvalue weighted by molar-refractivity contribution is 6.43. The van der Waals surface area contributed by atoms with E-state index in [1.165, 1.54) is 0 Å². The SMILES string of the molecule is O=[N+]([O-])c1cc(CNc2cccc(Cl)c2Cl)c(F)cc1F. The number of benzene rings is 2. The molecule has 0 aliphatic carbocycles. The van der Waals surface area contributed by atoms with Gasteiger partial charge in [-0.1, -0.05) is 29.3 Å². The fourth-order valence-corrected chi connectivity index (χ4v) is 2.05. The van der Waals surface area contributed by atoms with Gasteiger partial charge in [0.1, 0.15) is 5.82 Å². The van der Waals surface area contributed by atoms with Gasteiger partial charge >= 0.3 is 5.69 Å². The number of rotatable bonds is 4. The maximum absolute atomic E-state index is 13.6. The topological polar surface area (TPSA) is 55.2 Å². The van der Waals surface area contributed by atoms with Gasteiger partial charge < -0.3 is 5.32 Å². The van der Waals surface area contributed by atoms with E-state index in [4.69, 9.17) is 23.2 Å². The summed E-state index contributed by atoms with van der Waals surface area (Å²) >= 11 is 11.8. The lowest BCUT2D eigenvalue weighted by Gasteiger charge is -2.10. The molecule has 0 saturated carbocycles. The molecule has 0 aliphatic rings. The van der Waals surface area contributed by atoms with Crippen molar-refractivity contribution in [1.29, 1.82) is 0 Å². The Balaban J connectivity index is 2.26. The quantitative estimate of drug-likeness (QED) is 0.646. The molecule has 21 heavy (non-hydrogen) atoms. The lowest BCUT2D eigenvalue weighted by atomic mass is 10.1. The van der Waals surface area contributed by atoms with Gasteiger partial charge in [-0.2, -0.15) is 4.39 Å². The zero-order chi connectivity index (χ0) is 15.6. The maximum atomic E-state index is 13.6. The van der Waals surface area contributed by atoms with Crippen molar-refractivity contribution >= 4 is 34.6 Å². The number of nitrogens with one attached hydrogen (secondary N) is 1. The van der Waals surface area contributed by atoms with Crippen LogP contribution >= 0.6 is 23.2 Å². The second kappa shape index (κ2) is 6.24. The van der Waals surface area contributed by atoms with Crippen LogP contribution in [0.2, 0.25) is 10.0 Å². The number of halogens is 4. The Bertz CT molecular complexity index is 711. The Morgan fingerprint density at radius 3 is 2.57 bits per heavy atom. The van der Waals surface area contributed by atoms with E-state index < -0.39 is 22.2 Å². The van der Waals surface area contributed by atoms with Gasteiger partial charge in [-0.05, 0) is 12.1 Å². The van der Waals surface area contributed by atoms with Gasteiger partial charge in [0, 0.05) is 24.2 Å². The van der Waals surface area contributed by atoms with Gasteiger partial charge in [0.15, 0.2) is 0 Å². The van der Waals surface area contributed by atoms with Crippen LogP contribution in [0.1, 0.15) is 5.56 Å². The summed E-state index contributed by atoms with van der Waals surface area (Å²) in [5, 5.41) is 14.0. The number of hydrogen-bond donors (Lipinski definition) is 1. The number of hydrogen-bond acceptors (Lipinski definition) is 3. The molecule has 0 heterocycles. The molecule has 110 valence electrons. The Labute approximate surface area is 128 Å². The molecule has 0 aliphatic heterocycles. The molecular formula is C13H8Cl2F2N2O2. The first-order valence-electron chi connectivity index (χ1n) is 5.70. The second-order valence-electron chi connectivity index (χ2n) is 4.11. The Morgan fingerprint density at radius 1 is 1.19 bits per heavy atom. The van der Waals surface area contributed by atoms with Crippen molar-refractivity contribution in [3.63, 3.8) is 0 Å². The van der Waals surface area contributed by atoms with Crippen LogP contribution in [0.4, 0.5) is 20.2 Å². The molecule has 0 unspecified atom stereocenters. The minimum absolute atomic E-state index is 0.0563. The predicted octanol–water partition coefficient (Wildman–Crippen LogP) is 4.79. The van der Waals surface area contributed by atoms with Crippen molar-refractivity contribution in [2.24, 2.45) is 0 Å². The number of nitro groups is 1. The zero-order valence-electron chi connectivity index (χ0n) is 10.4. The molecule has 0 bridgehead atoms. The molecule has 2 aromatic carbocycles. The number of nitrogens with zero attached hydrogens (tertiary/aromatic N) is 1. The first kappa shape index (κ1) is 15.5. The van der Waals surface area contributed by atoms with Crippen LogP contribution in [0.5, 0.6) is 0 Å². The molecule has 0 saturated heterocycles. The zero-order valence-corrected chi connectivity index (χ0v) is 11.9. The Morgan fingerprint density at radius 2 is 1.90 bits per heavy atom. The molecule has 0 aromatic heterocycles. The molecular weight excluding hydrogens is 325 g/mol. The normalized spacial score (nSPS) is 10.5. The van der Waals surface area contributed by atoms with Gasteiger partial charge in [-0.3, -0.25) is 10.1 Å². The van der Waals surface area contributed by atoms with E-state index >= 15 is 0 Å². The van der Waals surface area contributed by atoms with E-state index in [1.807, 2.05) is 0 Å². The van der Waals surface area contributed by atoms with Crippen molar-refractivity contribution in [3.05, 3.63) is 67.7 Å². The van der Waals surface area contributed by atoms with Gasteiger partial charge in [-0.15, -0.1) is 0 Å². The van der Waals surface area contributed by atoms with Crippen LogP contribution in [0.3, 0.4) is 0 Å². The third-order valence-electron chi connectivity index (χ3n) is 2.73. The maximum Gasteiger partial charge on any atom is 0.305 e. The lowest BCUT2D eigenvalue weighted by molar-refractivity contribution is -0.387. The average Bonchev–Trinajstić information content (AvgIpc) is 2.41. The highest BCUT2D eigenvalue weighted by atomic mass is 35.5. The molecule has 4 nitrogen and oxygen atoms in total. The number of anilines is 1. The summed E-state index contributed by atoms with van der Waals surface area (Å²) in [7, 11) is 0. The summed E-state index contributed by atoms with van der Waals surface area (Å²) < 4.78 is 26.8. The van der Waals surface area contributed by atoms with Crippen molar-refractivity contribution < 1.29 is 13.7 Å². The molecule has 0 spiro atoms. The van der Waals surface area contributed by atoms with E-state index in [-0.39, 0.29) is 17.1 Å². The van der Waals surface area contributed by atoms with Gasteiger partial charge in [-0.25, -0.2) is 4.39 Å². The smallest absolute Gasteiger partial charge is 0.305 e. The third-order valence-corrected chi connectivity index (χ3v) is 3.55. The van der Waals surface area contributed by atoms with E-state index in [1.54, 1.807) is 18.2 Å². The van der Waals surface area contributed by atoms with Crippen molar-refractivity contribution in [3.8, 4) is 0 Å². The summed E-state index contributed by atoms with van der Waals surface area (Å²) in [5.74, 6) is -2.11. The summed E-state index contributed by atoms with van der Waals surface area (Å²) in [6, 6.07) is 6.16.